The van der Waals surface area contributed by atoms with Crippen molar-refractivity contribution in [3.8, 4) is 0 Å². The molecule has 14 heteroatoms. The molecule has 2 heterocycles. The van der Waals surface area contributed by atoms with Crippen molar-refractivity contribution in [3.05, 3.63) is 36.6 Å². The van der Waals surface area contributed by atoms with E-state index in [0.717, 1.165) is 51.0 Å². The van der Waals surface area contributed by atoms with E-state index in [9.17, 15) is 33.9 Å². The van der Waals surface area contributed by atoms with Crippen molar-refractivity contribution < 1.29 is 33.9 Å². The lowest BCUT2D eigenvalue weighted by atomic mass is 10.0. The number of hydrogen-bond acceptors (Lipinski definition) is 8. The second-order valence-electron chi connectivity index (χ2n) is 13.3. The molecule has 6 amide bonds. The summed E-state index contributed by atoms with van der Waals surface area (Å²) in [6, 6.07) is -2.96. The summed E-state index contributed by atoms with van der Waals surface area (Å²) in [7, 11) is 0. The van der Waals surface area contributed by atoms with Gasteiger partial charge in [-0.2, -0.15) is 0 Å². The van der Waals surface area contributed by atoms with Crippen LogP contribution in [0.4, 0.5) is 0 Å². The van der Waals surface area contributed by atoms with Crippen molar-refractivity contribution in [3.63, 3.8) is 0 Å². The molecule has 0 saturated carbocycles. The quantitative estimate of drug-likeness (QED) is 0.0704. The van der Waals surface area contributed by atoms with Gasteiger partial charge in [-0.05, 0) is 52.4 Å². The van der Waals surface area contributed by atoms with Crippen LogP contribution in [-0.2, 0) is 28.8 Å². The zero-order valence-electron chi connectivity index (χ0n) is 29.0. The van der Waals surface area contributed by atoms with E-state index < -0.39 is 53.3 Å². The normalized spacial score (nSPS) is 22.6. The molecule has 0 aromatic heterocycles. The monoisotopic (exact) mass is 673 g/mol. The van der Waals surface area contributed by atoms with Crippen LogP contribution in [0.3, 0.4) is 0 Å². The number of aliphatic hydroxyl groups is 1. The highest BCUT2D eigenvalue weighted by molar-refractivity contribution is 5.96. The van der Waals surface area contributed by atoms with Gasteiger partial charge in [-0.15, -0.1) is 0 Å². The van der Waals surface area contributed by atoms with Gasteiger partial charge in [0.25, 0.3) is 0 Å². The second-order valence-corrected chi connectivity index (χ2v) is 13.3. The Kier molecular flexibility index (Phi) is 17.0. The summed E-state index contributed by atoms with van der Waals surface area (Å²) in [5.74, 6) is -3.10. The molecule has 0 spiro atoms. The summed E-state index contributed by atoms with van der Waals surface area (Å²) in [5.41, 5.74) is -0.855. The lowest BCUT2D eigenvalue weighted by molar-refractivity contribution is -0.137. The molecule has 2 bridgehead atoms. The summed E-state index contributed by atoms with van der Waals surface area (Å²) >= 11 is 0. The molecule has 4 atom stereocenters. The van der Waals surface area contributed by atoms with Crippen LogP contribution in [0.15, 0.2) is 36.6 Å². The highest BCUT2D eigenvalue weighted by Gasteiger charge is 2.45. The highest BCUT2D eigenvalue weighted by Crippen LogP contribution is 2.21. The summed E-state index contributed by atoms with van der Waals surface area (Å²) in [4.78, 5) is 78.3. The van der Waals surface area contributed by atoms with Crippen LogP contribution in [0.2, 0.25) is 0 Å². The van der Waals surface area contributed by atoms with E-state index in [2.05, 4.69) is 31.9 Å². The number of hydrogen-bond donors (Lipinski definition) is 7. The fourth-order valence-corrected chi connectivity index (χ4v) is 5.40. The Morgan fingerprint density at radius 3 is 2.35 bits per heavy atom. The number of rotatable bonds is 16. The van der Waals surface area contributed by atoms with E-state index >= 15 is 0 Å². The van der Waals surface area contributed by atoms with Gasteiger partial charge in [0.05, 0.1) is 11.8 Å². The number of nitrogens with one attached hydrogen (secondary N) is 6. The number of nitrogens with zero attached hydrogens (tertiary/aromatic N) is 1. The molecule has 0 aromatic carbocycles. The standard InChI is InChI=1S/C34H55N7O7/c1-23(2)19-25-32(47)39-26(31(46)37-21-27-33(48)41(22-30(45)38-25)34(4,5)40-27)20-36-29(44)17-18-35-28(43)16-14-12-10-8-6-7-9-11-13-15-24(3)42/h10,12,14,16-18,23-27,40,42H,6-9,11,13,15,19-22H2,1-5H3,(H,35,43)(H,36,44)(H,37,46)(H,38,45)(H,39,47). The molecular weight excluding hydrogens is 618 g/mol. The van der Waals surface area contributed by atoms with Crippen LogP contribution in [0.1, 0.15) is 86.0 Å². The maximum Gasteiger partial charge on any atom is 0.247 e. The van der Waals surface area contributed by atoms with Crippen LogP contribution in [0, 0.1) is 5.92 Å². The van der Waals surface area contributed by atoms with Gasteiger partial charge in [0.1, 0.15) is 24.7 Å². The summed E-state index contributed by atoms with van der Waals surface area (Å²) in [6.07, 6.45) is 16.2. The third-order valence-electron chi connectivity index (χ3n) is 7.97. The topological polar surface area (TPSA) is 198 Å². The number of fused-ring (bicyclic) bond motifs is 2. The van der Waals surface area contributed by atoms with Gasteiger partial charge in [0.2, 0.25) is 35.4 Å². The van der Waals surface area contributed by atoms with E-state index in [0.29, 0.717) is 0 Å². The SMILES string of the molecule is CC(C)CC1NC(=O)CN2C(=O)C(CNC(=O)C(CNC(=O)C=CNC(=O)C=CC=CCCCCCCCC(C)O)NC1=O)NC2(C)C. The molecule has 0 radical (unpaired) electrons. The van der Waals surface area contributed by atoms with Crippen molar-refractivity contribution in [2.75, 3.05) is 19.6 Å². The van der Waals surface area contributed by atoms with Gasteiger partial charge in [0, 0.05) is 31.4 Å². The van der Waals surface area contributed by atoms with Gasteiger partial charge in [-0.3, -0.25) is 34.1 Å². The molecule has 0 aromatic rings. The van der Waals surface area contributed by atoms with Crippen LogP contribution < -0.4 is 31.9 Å². The number of amides is 6. The average Bonchev–Trinajstić information content (AvgIpc) is 3.22. The molecule has 48 heavy (non-hydrogen) atoms. The molecule has 2 saturated heterocycles. The van der Waals surface area contributed by atoms with Gasteiger partial charge in [-0.25, -0.2) is 0 Å². The second kappa shape index (κ2) is 20.4. The van der Waals surface area contributed by atoms with Crippen molar-refractivity contribution in [2.24, 2.45) is 5.92 Å². The Morgan fingerprint density at radius 1 is 0.938 bits per heavy atom. The summed E-state index contributed by atoms with van der Waals surface area (Å²) < 4.78 is 0. The first kappa shape index (κ1) is 40.1. The van der Waals surface area contributed by atoms with Crippen molar-refractivity contribution in [1.29, 1.82) is 0 Å². The van der Waals surface area contributed by atoms with Gasteiger partial charge in [-0.1, -0.05) is 57.8 Å². The Bertz CT molecular complexity index is 1210. The minimum atomic E-state index is -1.21. The van der Waals surface area contributed by atoms with Gasteiger partial charge >= 0.3 is 0 Å². The number of unbranched alkanes of at least 4 members (excludes halogenated alkanes) is 5. The number of allylic oxidation sites excluding steroid dienone is 3. The molecule has 2 aliphatic rings. The third-order valence-corrected chi connectivity index (χ3v) is 7.97. The molecule has 2 fully saturated rings. The molecule has 14 nitrogen and oxygen atoms in total. The molecular formula is C34H55N7O7. The minimum absolute atomic E-state index is 0.0265. The van der Waals surface area contributed by atoms with Crippen LogP contribution in [0.25, 0.3) is 0 Å². The third kappa shape index (κ3) is 14.8. The maximum absolute atomic E-state index is 13.2. The lowest BCUT2D eigenvalue weighted by Crippen LogP contribution is -2.59. The molecule has 0 aliphatic carbocycles. The van der Waals surface area contributed by atoms with Crippen molar-refractivity contribution in [1.82, 2.24) is 36.8 Å². The first-order valence-electron chi connectivity index (χ1n) is 16.9. The Hall–Kier alpha value is -4.04. The fourth-order valence-electron chi connectivity index (χ4n) is 5.40. The van der Waals surface area contributed by atoms with Crippen LogP contribution in [-0.4, -0.2) is 95.0 Å². The smallest absolute Gasteiger partial charge is 0.247 e. The van der Waals surface area contributed by atoms with E-state index in [1.165, 1.54) is 17.2 Å². The molecule has 268 valence electrons. The average molecular weight is 674 g/mol. The minimum Gasteiger partial charge on any atom is -0.393 e. The van der Waals surface area contributed by atoms with Gasteiger partial charge < -0.3 is 36.6 Å². The van der Waals surface area contributed by atoms with E-state index in [4.69, 9.17) is 0 Å². The largest absolute Gasteiger partial charge is 0.393 e. The number of aliphatic hydroxyl groups excluding tert-OH is 1. The van der Waals surface area contributed by atoms with Crippen LogP contribution >= 0.6 is 0 Å². The number of carbonyl (C=O) groups is 6. The predicted octanol–water partition coefficient (Wildman–Crippen LogP) is 0.638. The Labute approximate surface area is 284 Å². The van der Waals surface area contributed by atoms with E-state index in [-0.39, 0.29) is 44.0 Å². The molecule has 7 N–H and O–H groups in total. The maximum atomic E-state index is 13.2. The van der Waals surface area contributed by atoms with E-state index in [1.807, 2.05) is 19.9 Å². The highest BCUT2D eigenvalue weighted by atomic mass is 16.3. The Morgan fingerprint density at radius 2 is 1.65 bits per heavy atom. The molecule has 2 rings (SSSR count). The zero-order valence-corrected chi connectivity index (χ0v) is 29.0. The van der Waals surface area contributed by atoms with Crippen molar-refractivity contribution >= 4 is 35.4 Å². The van der Waals surface area contributed by atoms with Crippen LogP contribution in [0.5, 0.6) is 0 Å². The van der Waals surface area contributed by atoms with Gasteiger partial charge in [0.15, 0.2) is 0 Å². The first-order valence-corrected chi connectivity index (χ1v) is 16.9. The molecule has 4 unspecified atom stereocenters. The fraction of sp³-hybridized carbons (Fsp3) is 0.647. The summed E-state index contributed by atoms with van der Waals surface area (Å²) in [6.45, 7) is 8.45. The Balaban J connectivity index is 1.89. The van der Waals surface area contributed by atoms with E-state index in [1.54, 1.807) is 32.9 Å². The lowest BCUT2D eigenvalue weighted by Gasteiger charge is -2.31. The molecule has 2 aliphatic heterocycles. The first-order chi connectivity index (χ1) is 22.7. The predicted molar refractivity (Wildman–Crippen MR) is 182 cm³/mol. The van der Waals surface area contributed by atoms with Crippen molar-refractivity contribution in [2.45, 2.75) is 116 Å². The number of carbonyl (C=O) groups excluding carboxylic acids is 6. The summed E-state index contributed by atoms with van der Waals surface area (Å²) in [5, 5.41) is 25.4. The zero-order chi connectivity index (χ0) is 35.7.